The van der Waals surface area contributed by atoms with Gasteiger partial charge < -0.3 is 5.21 Å². The van der Waals surface area contributed by atoms with Crippen molar-refractivity contribution in [2.75, 3.05) is 0 Å². The molecule has 2 N–H and O–H groups in total. The highest BCUT2D eigenvalue weighted by molar-refractivity contribution is 6.29. The van der Waals surface area contributed by atoms with Gasteiger partial charge in [-0.3, -0.25) is 9.59 Å². The summed E-state index contributed by atoms with van der Waals surface area (Å²) >= 11 is 0. The Balaban J connectivity index is 2.31. The lowest BCUT2D eigenvalue weighted by molar-refractivity contribution is -0.991. The minimum atomic E-state index is -1.11. The summed E-state index contributed by atoms with van der Waals surface area (Å²) in [5.41, 5.74) is 1.56. The van der Waals surface area contributed by atoms with Crippen molar-refractivity contribution in [3.63, 3.8) is 0 Å². The summed E-state index contributed by atoms with van der Waals surface area (Å²) in [6, 6.07) is 9.38. The Morgan fingerprint density at radius 2 is 1.55 bits per heavy atom. The summed E-state index contributed by atoms with van der Waals surface area (Å²) in [6.45, 7) is 1.56. The molecule has 0 saturated carbocycles. The third kappa shape index (κ3) is 1.61. The molecule has 0 aromatic heterocycles. The maximum absolute atomic E-state index is 12.5. The van der Waals surface area contributed by atoms with E-state index in [1.165, 1.54) is 12.1 Å². The first-order valence-corrected chi connectivity index (χ1v) is 6.07. The Labute approximate surface area is 114 Å². The Bertz CT molecular complexity index is 750. The van der Waals surface area contributed by atoms with Crippen LogP contribution >= 0.6 is 0 Å². The van der Waals surface area contributed by atoms with Gasteiger partial charge in [0.2, 0.25) is 0 Å². The van der Waals surface area contributed by atoms with Gasteiger partial charge in [-0.25, -0.2) is 5.21 Å². The van der Waals surface area contributed by atoms with Crippen LogP contribution in [0.5, 0.6) is 0 Å². The predicted octanol–water partition coefficient (Wildman–Crippen LogP) is 1.17. The molecule has 0 heterocycles. The summed E-state index contributed by atoms with van der Waals surface area (Å²) in [6.07, 6.45) is 0. The normalized spacial score (nSPS) is 14.8. The highest BCUT2D eigenvalue weighted by Gasteiger charge is 2.32. The lowest BCUT2D eigenvalue weighted by Gasteiger charge is -2.22. The minimum Gasteiger partial charge on any atom is -0.595 e. The van der Waals surface area contributed by atoms with Crippen LogP contribution in [0.1, 0.15) is 37.4 Å². The molecule has 0 fully saturated rings. The van der Waals surface area contributed by atoms with Crippen molar-refractivity contribution in [2.45, 2.75) is 6.92 Å². The zero-order valence-electron chi connectivity index (χ0n) is 10.6. The SMILES string of the molecule is Cc1c([NH+]([O-])O)ccc2c1C(=O)c1ccccc1C2=O. The van der Waals surface area contributed by atoms with Crippen molar-refractivity contribution in [1.29, 1.82) is 0 Å². The average molecular weight is 269 g/mol. The summed E-state index contributed by atoms with van der Waals surface area (Å²) in [4.78, 5) is 24.9. The molecule has 0 saturated heterocycles. The molecule has 2 aromatic rings. The molecule has 1 unspecified atom stereocenters. The molecule has 5 nitrogen and oxygen atoms in total. The van der Waals surface area contributed by atoms with Crippen molar-refractivity contribution in [1.82, 2.24) is 0 Å². The molecular formula is C15H11NO4. The van der Waals surface area contributed by atoms with Crippen molar-refractivity contribution >= 4 is 17.3 Å². The highest BCUT2D eigenvalue weighted by atomic mass is 16.8. The largest absolute Gasteiger partial charge is 0.595 e. The van der Waals surface area contributed by atoms with E-state index in [2.05, 4.69) is 0 Å². The molecule has 0 amide bonds. The van der Waals surface area contributed by atoms with E-state index in [0.29, 0.717) is 16.7 Å². The number of carbonyl (C=O) groups excluding carboxylic acids is 2. The van der Waals surface area contributed by atoms with E-state index in [1.54, 1.807) is 31.2 Å². The van der Waals surface area contributed by atoms with Crippen LogP contribution in [-0.2, 0) is 0 Å². The number of nitrogens with one attached hydrogen (secondary N) is 1. The third-order valence-electron chi connectivity index (χ3n) is 3.58. The van der Waals surface area contributed by atoms with Crippen molar-refractivity contribution in [3.8, 4) is 0 Å². The second-order valence-electron chi connectivity index (χ2n) is 4.67. The standard InChI is InChI=1S/C15H11NO4/c1-8-12(16(19)20)7-6-11-13(8)15(18)10-5-3-2-4-9(10)14(11)17/h2-7,16,19H,1H3. The fraction of sp³-hybridized carbons (Fsp3) is 0.0667. The van der Waals surface area contributed by atoms with E-state index in [-0.39, 0.29) is 28.4 Å². The summed E-state index contributed by atoms with van der Waals surface area (Å²) in [5, 5.41) is 19.2. The molecule has 1 aliphatic carbocycles. The first-order valence-electron chi connectivity index (χ1n) is 6.07. The molecule has 3 rings (SSSR count). The Morgan fingerprint density at radius 3 is 2.15 bits per heavy atom. The first-order chi connectivity index (χ1) is 9.52. The molecule has 0 radical (unpaired) electrons. The topological polar surface area (TPSA) is 81.9 Å². The summed E-state index contributed by atoms with van der Waals surface area (Å²) in [5.74, 6) is -0.536. The van der Waals surface area contributed by atoms with Gasteiger partial charge in [-0.1, -0.05) is 24.3 Å². The zero-order valence-corrected chi connectivity index (χ0v) is 10.6. The van der Waals surface area contributed by atoms with Gasteiger partial charge in [0.1, 0.15) is 0 Å². The number of benzene rings is 2. The lowest BCUT2D eigenvalue weighted by atomic mass is 9.82. The summed E-state index contributed by atoms with van der Waals surface area (Å²) < 4.78 is 0. The second kappa shape index (κ2) is 4.35. The van der Waals surface area contributed by atoms with E-state index in [1.807, 2.05) is 0 Å². The Morgan fingerprint density at radius 1 is 0.950 bits per heavy atom. The van der Waals surface area contributed by atoms with Gasteiger partial charge in [0.15, 0.2) is 17.3 Å². The third-order valence-corrected chi connectivity index (χ3v) is 3.58. The van der Waals surface area contributed by atoms with Crippen LogP contribution in [0, 0.1) is 12.1 Å². The fourth-order valence-electron chi connectivity index (χ4n) is 2.58. The van der Waals surface area contributed by atoms with Crippen LogP contribution in [-0.4, -0.2) is 16.8 Å². The predicted molar refractivity (Wildman–Crippen MR) is 70.3 cm³/mol. The molecular weight excluding hydrogens is 258 g/mol. The number of ketones is 2. The molecule has 20 heavy (non-hydrogen) atoms. The van der Waals surface area contributed by atoms with Gasteiger partial charge in [-0.2, -0.15) is 5.23 Å². The average Bonchev–Trinajstić information content (AvgIpc) is 2.44. The number of hydrogen-bond donors (Lipinski definition) is 2. The van der Waals surface area contributed by atoms with Crippen molar-refractivity contribution in [2.24, 2.45) is 0 Å². The van der Waals surface area contributed by atoms with Crippen LogP contribution in [0.3, 0.4) is 0 Å². The van der Waals surface area contributed by atoms with Gasteiger partial charge in [0.05, 0.1) is 0 Å². The smallest absolute Gasteiger partial charge is 0.195 e. The molecule has 100 valence electrons. The quantitative estimate of drug-likeness (QED) is 0.650. The van der Waals surface area contributed by atoms with Gasteiger partial charge >= 0.3 is 0 Å². The van der Waals surface area contributed by atoms with Crippen LogP contribution < -0.4 is 5.23 Å². The van der Waals surface area contributed by atoms with Crippen molar-refractivity contribution < 1.29 is 20.0 Å². The first kappa shape index (κ1) is 12.7. The van der Waals surface area contributed by atoms with Crippen LogP contribution in [0.2, 0.25) is 0 Å². The number of rotatable bonds is 1. The molecule has 0 aliphatic heterocycles. The molecule has 0 spiro atoms. The molecule has 1 atom stereocenters. The maximum Gasteiger partial charge on any atom is 0.195 e. The zero-order chi connectivity index (χ0) is 14.4. The van der Waals surface area contributed by atoms with E-state index in [0.717, 1.165) is 0 Å². The van der Waals surface area contributed by atoms with E-state index >= 15 is 0 Å². The van der Waals surface area contributed by atoms with Crippen molar-refractivity contribution in [3.05, 3.63) is 69.4 Å². The van der Waals surface area contributed by atoms with Crippen LogP contribution in [0.25, 0.3) is 0 Å². The van der Waals surface area contributed by atoms with Crippen LogP contribution in [0.15, 0.2) is 36.4 Å². The number of quaternary nitrogens is 1. The molecule has 1 aliphatic rings. The van der Waals surface area contributed by atoms with E-state index in [4.69, 9.17) is 5.21 Å². The monoisotopic (exact) mass is 269 g/mol. The van der Waals surface area contributed by atoms with Crippen LogP contribution in [0.4, 0.5) is 5.69 Å². The van der Waals surface area contributed by atoms with E-state index < -0.39 is 5.23 Å². The van der Waals surface area contributed by atoms with Gasteiger partial charge in [-0.05, 0) is 13.0 Å². The number of fused-ring (bicyclic) bond motifs is 2. The van der Waals surface area contributed by atoms with Gasteiger partial charge in [0, 0.05) is 33.9 Å². The van der Waals surface area contributed by atoms with Gasteiger partial charge in [0.25, 0.3) is 0 Å². The molecule has 5 heteroatoms. The molecule has 2 aromatic carbocycles. The minimum absolute atomic E-state index is 0.0456. The van der Waals surface area contributed by atoms with E-state index in [9.17, 15) is 14.8 Å². The lowest BCUT2D eigenvalue weighted by Crippen LogP contribution is -2.99. The number of carbonyl (C=O) groups is 2. The highest BCUT2D eigenvalue weighted by Crippen LogP contribution is 2.31. The maximum atomic E-state index is 12.5. The summed E-state index contributed by atoms with van der Waals surface area (Å²) in [7, 11) is 0. The second-order valence-corrected chi connectivity index (χ2v) is 4.67. The number of hydrogen-bond acceptors (Lipinski definition) is 4. The fourth-order valence-corrected chi connectivity index (χ4v) is 2.58. The Hall–Kier alpha value is -2.34. The Kier molecular flexibility index (Phi) is 2.76. The van der Waals surface area contributed by atoms with Gasteiger partial charge in [-0.15, -0.1) is 0 Å². The molecule has 0 bridgehead atoms.